The number of rotatable bonds is 6. The van der Waals surface area contributed by atoms with Crippen molar-refractivity contribution in [2.45, 2.75) is 19.1 Å². The average Bonchev–Trinajstić information content (AvgIpc) is 3.16. The number of para-hydroxylation sites is 1. The van der Waals surface area contributed by atoms with Gasteiger partial charge >= 0.3 is 0 Å². The van der Waals surface area contributed by atoms with Gasteiger partial charge in [0.05, 0.1) is 25.9 Å². The smallest absolute Gasteiger partial charge is 0.123 e. The summed E-state index contributed by atoms with van der Waals surface area (Å²) in [5, 5.41) is 8.08. The second-order valence-electron chi connectivity index (χ2n) is 6.96. The predicted octanol–water partition coefficient (Wildman–Crippen LogP) is 3.51. The molecule has 1 aliphatic heterocycles. The van der Waals surface area contributed by atoms with Gasteiger partial charge in [0.1, 0.15) is 5.75 Å². The fourth-order valence-electron chi connectivity index (χ4n) is 3.76. The molecule has 6 heteroatoms. The van der Waals surface area contributed by atoms with Crippen molar-refractivity contribution >= 4 is 12.4 Å². The molecule has 0 spiro atoms. The topological polar surface area (TPSA) is 42.3 Å². The number of ether oxygens (including phenoxy) is 1. The number of hydrogen-bond acceptors (Lipinski definition) is 4. The molecule has 5 nitrogen and oxygen atoms in total. The minimum atomic E-state index is 0. The first kappa shape index (κ1) is 20.4. The molecule has 1 unspecified atom stereocenters. The van der Waals surface area contributed by atoms with Gasteiger partial charge in [-0.3, -0.25) is 9.58 Å². The normalized spacial score (nSPS) is 17.1. The first-order valence-corrected chi connectivity index (χ1v) is 9.46. The summed E-state index contributed by atoms with van der Waals surface area (Å²) in [7, 11) is 1.74. The summed E-state index contributed by atoms with van der Waals surface area (Å²) < 4.78 is 7.62. The molecule has 148 valence electrons. The molecule has 0 saturated carbocycles. The van der Waals surface area contributed by atoms with E-state index >= 15 is 0 Å². The van der Waals surface area contributed by atoms with Gasteiger partial charge in [-0.05, 0) is 11.6 Å². The number of nitrogens with zero attached hydrogens (tertiary/aromatic N) is 3. The van der Waals surface area contributed by atoms with Crippen LogP contribution in [0.5, 0.6) is 5.75 Å². The van der Waals surface area contributed by atoms with E-state index in [4.69, 9.17) is 4.74 Å². The molecule has 1 saturated heterocycles. The molecule has 1 atom stereocenters. The number of halogens is 1. The molecule has 0 radical (unpaired) electrons. The number of aromatic nitrogens is 2. The van der Waals surface area contributed by atoms with Gasteiger partial charge in [-0.2, -0.15) is 5.10 Å². The standard InChI is InChI=1S/C22H26N4O.ClH/c1-27-22-10-6-5-9-20(22)21-14-23-11-12-25(21)15-19-13-24-26(17-19)16-18-7-3-2-4-8-18;/h2-10,13,17,21,23H,11-12,14-16H2,1H3;1H. The Bertz CT molecular complexity index is 868. The maximum Gasteiger partial charge on any atom is 0.123 e. The Morgan fingerprint density at radius 1 is 1.04 bits per heavy atom. The molecular weight excluding hydrogens is 372 g/mol. The monoisotopic (exact) mass is 398 g/mol. The molecule has 28 heavy (non-hydrogen) atoms. The number of methoxy groups -OCH3 is 1. The van der Waals surface area contributed by atoms with Crippen molar-refractivity contribution in [1.29, 1.82) is 0 Å². The van der Waals surface area contributed by atoms with Crippen LogP contribution in [0.3, 0.4) is 0 Å². The van der Waals surface area contributed by atoms with Crippen molar-refractivity contribution in [2.75, 3.05) is 26.7 Å². The van der Waals surface area contributed by atoms with Crippen molar-refractivity contribution < 1.29 is 4.74 Å². The summed E-state index contributed by atoms with van der Waals surface area (Å²) in [5.74, 6) is 0.955. The van der Waals surface area contributed by atoms with Crippen molar-refractivity contribution in [3.8, 4) is 5.75 Å². The number of nitrogens with one attached hydrogen (secondary N) is 1. The third-order valence-electron chi connectivity index (χ3n) is 5.11. The van der Waals surface area contributed by atoms with E-state index in [9.17, 15) is 0 Å². The van der Waals surface area contributed by atoms with E-state index in [1.165, 1.54) is 16.7 Å². The fourth-order valence-corrected chi connectivity index (χ4v) is 3.76. The van der Waals surface area contributed by atoms with Crippen molar-refractivity contribution in [1.82, 2.24) is 20.0 Å². The van der Waals surface area contributed by atoms with Gasteiger partial charge in [-0.25, -0.2) is 0 Å². The van der Waals surface area contributed by atoms with Gasteiger partial charge in [0.2, 0.25) is 0 Å². The van der Waals surface area contributed by atoms with Gasteiger partial charge < -0.3 is 10.1 Å². The second-order valence-corrected chi connectivity index (χ2v) is 6.96. The van der Waals surface area contributed by atoms with E-state index in [1.54, 1.807) is 7.11 Å². The largest absolute Gasteiger partial charge is 0.496 e. The Morgan fingerprint density at radius 2 is 1.82 bits per heavy atom. The second kappa shape index (κ2) is 9.73. The van der Waals surface area contributed by atoms with Crippen LogP contribution in [0.25, 0.3) is 0 Å². The van der Waals surface area contributed by atoms with Crippen LogP contribution in [0.1, 0.15) is 22.7 Å². The summed E-state index contributed by atoms with van der Waals surface area (Å²) in [5.41, 5.74) is 3.75. The number of hydrogen-bond donors (Lipinski definition) is 1. The molecule has 0 aliphatic carbocycles. The Kier molecular flexibility index (Phi) is 7.09. The Balaban J connectivity index is 0.00000225. The van der Waals surface area contributed by atoms with Crippen LogP contribution in [0.2, 0.25) is 0 Å². The third kappa shape index (κ3) is 4.73. The highest BCUT2D eigenvalue weighted by molar-refractivity contribution is 5.85. The maximum atomic E-state index is 5.60. The first-order valence-electron chi connectivity index (χ1n) is 9.46. The summed E-state index contributed by atoms with van der Waals surface area (Å²) in [6, 6.07) is 19.1. The highest BCUT2D eigenvalue weighted by atomic mass is 35.5. The van der Waals surface area contributed by atoms with Gasteiger partial charge in [0.15, 0.2) is 0 Å². The van der Waals surface area contributed by atoms with Crippen LogP contribution >= 0.6 is 12.4 Å². The minimum Gasteiger partial charge on any atom is -0.496 e. The SMILES string of the molecule is COc1ccccc1C1CNCCN1Cc1cnn(Cc2ccccc2)c1.Cl. The zero-order valence-electron chi connectivity index (χ0n) is 16.1. The lowest BCUT2D eigenvalue weighted by atomic mass is 10.0. The van der Waals surface area contributed by atoms with Crippen LogP contribution in [-0.2, 0) is 13.1 Å². The van der Waals surface area contributed by atoms with Gasteiger partial charge in [-0.1, -0.05) is 48.5 Å². The Morgan fingerprint density at radius 3 is 2.64 bits per heavy atom. The lowest BCUT2D eigenvalue weighted by molar-refractivity contribution is 0.151. The van der Waals surface area contributed by atoms with E-state index in [0.717, 1.165) is 38.5 Å². The minimum absolute atomic E-state index is 0. The van der Waals surface area contributed by atoms with E-state index in [-0.39, 0.29) is 12.4 Å². The molecule has 1 aromatic heterocycles. The van der Waals surface area contributed by atoms with E-state index in [0.29, 0.717) is 6.04 Å². The summed E-state index contributed by atoms with van der Waals surface area (Å²) in [4.78, 5) is 2.51. The predicted molar refractivity (Wildman–Crippen MR) is 114 cm³/mol. The molecule has 1 fully saturated rings. The number of benzene rings is 2. The molecule has 1 aliphatic rings. The fraction of sp³-hybridized carbons (Fsp3) is 0.318. The molecule has 2 heterocycles. The van der Waals surface area contributed by atoms with Gasteiger partial charge in [0.25, 0.3) is 0 Å². The summed E-state index contributed by atoms with van der Waals surface area (Å²) in [6.07, 6.45) is 4.15. The van der Waals surface area contributed by atoms with Crippen LogP contribution in [0, 0.1) is 0 Å². The highest BCUT2D eigenvalue weighted by Gasteiger charge is 2.26. The molecule has 3 aromatic rings. The quantitative estimate of drug-likeness (QED) is 0.690. The highest BCUT2D eigenvalue weighted by Crippen LogP contribution is 2.31. The molecule has 4 rings (SSSR count). The Labute approximate surface area is 172 Å². The third-order valence-corrected chi connectivity index (χ3v) is 5.11. The van der Waals surface area contributed by atoms with Crippen molar-refractivity contribution in [3.63, 3.8) is 0 Å². The van der Waals surface area contributed by atoms with Gasteiger partial charge in [0, 0.05) is 43.5 Å². The lowest BCUT2D eigenvalue weighted by Gasteiger charge is -2.36. The van der Waals surface area contributed by atoms with Crippen LogP contribution < -0.4 is 10.1 Å². The molecular formula is C22H27ClN4O. The maximum absolute atomic E-state index is 5.60. The van der Waals surface area contributed by atoms with Gasteiger partial charge in [-0.15, -0.1) is 12.4 Å². The zero-order chi connectivity index (χ0) is 18.5. The summed E-state index contributed by atoms with van der Waals surface area (Å²) in [6.45, 7) is 4.63. The molecule has 1 N–H and O–H groups in total. The average molecular weight is 399 g/mol. The molecule has 0 amide bonds. The zero-order valence-corrected chi connectivity index (χ0v) is 16.9. The number of piperazine rings is 1. The van der Waals surface area contributed by atoms with E-state index < -0.39 is 0 Å². The molecule has 0 bridgehead atoms. The van der Waals surface area contributed by atoms with Crippen LogP contribution in [-0.4, -0.2) is 41.4 Å². The Hall–Kier alpha value is -2.34. The van der Waals surface area contributed by atoms with Crippen molar-refractivity contribution in [2.24, 2.45) is 0 Å². The van der Waals surface area contributed by atoms with E-state index in [1.807, 2.05) is 29.1 Å². The van der Waals surface area contributed by atoms with Crippen LogP contribution in [0.15, 0.2) is 67.0 Å². The van der Waals surface area contributed by atoms with Crippen molar-refractivity contribution in [3.05, 3.63) is 83.7 Å². The summed E-state index contributed by atoms with van der Waals surface area (Å²) >= 11 is 0. The van der Waals surface area contributed by atoms with Crippen LogP contribution in [0.4, 0.5) is 0 Å². The lowest BCUT2D eigenvalue weighted by Crippen LogP contribution is -2.45. The molecule has 2 aromatic carbocycles. The first-order chi connectivity index (χ1) is 13.3. The van der Waals surface area contributed by atoms with E-state index in [2.05, 4.69) is 57.9 Å².